The fourth-order valence-electron chi connectivity index (χ4n) is 2.75. The van der Waals surface area contributed by atoms with Gasteiger partial charge in [0.05, 0.1) is 0 Å². The molecule has 0 amide bonds. The lowest BCUT2D eigenvalue weighted by Crippen LogP contribution is -2.16. The van der Waals surface area contributed by atoms with Crippen molar-refractivity contribution in [1.29, 1.82) is 0 Å². The van der Waals surface area contributed by atoms with E-state index in [1.165, 1.54) is 0 Å². The molecule has 1 aliphatic carbocycles. The van der Waals surface area contributed by atoms with E-state index in [9.17, 15) is 17.6 Å². The summed E-state index contributed by atoms with van der Waals surface area (Å²) in [6.45, 7) is 0. The lowest BCUT2D eigenvalue weighted by molar-refractivity contribution is 0.0858. The molecular weight excluding hydrogens is 360 g/mol. The lowest BCUT2D eigenvalue weighted by atomic mass is 9.79. The number of rotatable bonds is 3. The molecule has 1 fully saturated rings. The van der Waals surface area contributed by atoms with Crippen LogP contribution in [0.15, 0.2) is 12.1 Å². The Balaban J connectivity index is 2.23. The van der Waals surface area contributed by atoms with Crippen molar-refractivity contribution in [3.8, 4) is 0 Å². The first-order valence-corrected chi connectivity index (χ1v) is 7.95. The Morgan fingerprint density at radius 2 is 1.60 bits per heavy atom. The minimum atomic E-state index is -4.03. The van der Waals surface area contributed by atoms with Crippen molar-refractivity contribution in [3.63, 3.8) is 0 Å². The molecule has 1 aliphatic rings. The van der Waals surface area contributed by atoms with Gasteiger partial charge in [0.15, 0.2) is 0 Å². The van der Waals surface area contributed by atoms with Crippen molar-refractivity contribution in [2.24, 2.45) is 5.92 Å². The second-order valence-electron chi connectivity index (χ2n) is 5.23. The SMILES string of the molecule is Fc1cc(C2CCC(CBr)CC2)cc(F)c1C(F)(F)Cl. The van der Waals surface area contributed by atoms with Crippen LogP contribution < -0.4 is 0 Å². The lowest BCUT2D eigenvalue weighted by Gasteiger charge is -2.28. The molecule has 1 saturated carbocycles. The Hall–Kier alpha value is -0.290. The predicted octanol–water partition coefficient (Wildman–Crippen LogP) is 5.92. The van der Waals surface area contributed by atoms with E-state index >= 15 is 0 Å². The van der Waals surface area contributed by atoms with Crippen LogP contribution in [0, 0.1) is 17.6 Å². The zero-order valence-corrected chi connectivity index (χ0v) is 13.0. The number of hydrogen-bond acceptors (Lipinski definition) is 0. The minimum absolute atomic E-state index is 0.0206. The van der Waals surface area contributed by atoms with Crippen LogP contribution in [0.1, 0.15) is 42.7 Å². The van der Waals surface area contributed by atoms with Crippen LogP contribution in [-0.4, -0.2) is 5.33 Å². The van der Waals surface area contributed by atoms with Crippen LogP contribution in [0.2, 0.25) is 0 Å². The zero-order valence-electron chi connectivity index (χ0n) is 10.6. The molecule has 2 rings (SSSR count). The first-order valence-electron chi connectivity index (χ1n) is 6.45. The highest BCUT2D eigenvalue weighted by Gasteiger charge is 2.36. The van der Waals surface area contributed by atoms with Gasteiger partial charge in [-0.3, -0.25) is 0 Å². The van der Waals surface area contributed by atoms with Gasteiger partial charge in [0.2, 0.25) is 0 Å². The molecule has 0 atom stereocenters. The predicted molar refractivity (Wildman–Crippen MR) is 74.6 cm³/mol. The van der Waals surface area contributed by atoms with E-state index < -0.39 is 22.6 Å². The van der Waals surface area contributed by atoms with Gasteiger partial charge < -0.3 is 0 Å². The van der Waals surface area contributed by atoms with Gasteiger partial charge in [-0.05, 0) is 66.8 Å². The molecule has 6 heteroatoms. The van der Waals surface area contributed by atoms with E-state index in [2.05, 4.69) is 15.9 Å². The average Bonchev–Trinajstić information content (AvgIpc) is 2.36. The van der Waals surface area contributed by atoms with E-state index in [1.807, 2.05) is 0 Å². The normalized spacial score (nSPS) is 23.9. The third-order valence-corrected chi connectivity index (χ3v) is 4.99. The van der Waals surface area contributed by atoms with Crippen molar-refractivity contribution in [1.82, 2.24) is 0 Å². The van der Waals surface area contributed by atoms with E-state index in [0.717, 1.165) is 43.1 Å². The smallest absolute Gasteiger partial charge is 0.206 e. The molecule has 112 valence electrons. The Labute approximate surface area is 128 Å². The maximum atomic E-state index is 13.7. The van der Waals surface area contributed by atoms with Crippen molar-refractivity contribution >= 4 is 27.5 Å². The summed E-state index contributed by atoms with van der Waals surface area (Å²) in [6.07, 6.45) is 3.55. The minimum Gasteiger partial charge on any atom is -0.206 e. The third-order valence-electron chi connectivity index (χ3n) is 3.88. The number of benzene rings is 1. The largest absolute Gasteiger partial charge is 0.353 e. The van der Waals surface area contributed by atoms with Crippen molar-refractivity contribution < 1.29 is 17.6 Å². The molecule has 0 aliphatic heterocycles. The summed E-state index contributed by atoms with van der Waals surface area (Å²) in [7, 11) is 0. The monoisotopic (exact) mass is 372 g/mol. The Kier molecular flexibility index (Phi) is 5.00. The molecule has 0 saturated heterocycles. The van der Waals surface area contributed by atoms with E-state index in [1.54, 1.807) is 0 Å². The molecule has 0 spiro atoms. The molecule has 0 radical (unpaired) electrons. The summed E-state index contributed by atoms with van der Waals surface area (Å²) in [5.74, 6) is -1.95. The fraction of sp³-hybridized carbons (Fsp3) is 0.571. The van der Waals surface area contributed by atoms with Crippen molar-refractivity contribution in [3.05, 3.63) is 34.9 Å². The molecule has 20 heavy (non-hydrogen) atoms. The summed E-state index contributed by atoms with van der Waals surface area (Å²) in [6, 6.07) is 1.99. The standard InChI is InChI=1S/C14H14BrClF4/c15-7-8-1-3-9(4-2-8)10-5-11(17)13(12(18)6-10)14(16,19)20/h5-6,8-9H,1-4,7H2. The maximum Gasteiger partial charge on any atom is 0.353 e. The number of alkyl halides is 4. The quantitative estimate of drug-likeness (QED) is 0.455. The Morgan fingerprint density at radius 1 is 1.10 bits per heavy atom. The van der Waals surface area contributed by atoms with Crippen LogP contribution in [0.5, 0.6) is 0 Å². The number of hydrogen-bond donors (Lipinski definition) is 0. The molecule has 0 aromatic heterocycles. The molecule has 1 aromatic carbocycles. The molecule has 0 bridgehead atoms. The highest BCUT2D eigenvalue weighted by molar-refractivity contribution is 9.09. The Bertz CT molecular complexity index is 456. The van der Waals surface area contributed by atoms with Gasteiger partial charge in [-0.15, -0.1) is 0 Å². The fourth-order valence-corrected chi connectivity index (χ4v) is 3.58. The van der Waals surface area contributed by atoms with Gasteiger partial charge in [-0.1, -0.05) is 15.9 Å². The molecular formula is C14H14BrClF4. The summed E-state index contributed by atoms with van der Waals surface area (Å²) in [5, 5.41) is -3.11. The number of halogens is 6. The van der Waals surface area contributed by atoms with Crippen molar-refractivity contribution in [2.45, 2.75) is 37.0 Å². The first kappa shape index (κ1) is 16.1. The average molecular weight is 374 g/mol. The van der Waals surface area contributed by atoms with Crippen LogP contribution in [0.3, 0.4) is 0 Å². The molecule has 0 nitrogen and oxygen atoms in total. The highest BCUT2D eigenvalue weighted by atomic mass is 79.9. The molecule has 0 N–H and O–H groups in total. The molecule has 0 heterocycles. The van der Waals surface area contributed by atoms with Crippen LogP contribution in [0.4, 0.5) is 17.6 Å². The third kappa shape index (κ3) is 3.48. The second kappa shape index (κ2) is 6.22. The van der Waals surface area contributed by atoms with Gasteiger partial charge >= 0.3 is 5.38 Å². The van der Waals surface area contributed by atoms with E-state index in [4.69, 9.17) is 11.6 Å². The van der Waals surface area contributed by atoms with Gasteiger partial charge in [0.1, 0.15) is 17.2 Å². The summed E-state index contributed by atoms with van der Waals surface area (Å²) in [4.78, 5) is 0. The van der Waals surface area contributed by atoms with Gasteiger partial charge in [-0.25, -0.2) is 8.78 Å². The first-order chi connectivity index (χ1) is 9.32. The summed E-state index contributed by atoms with van der Waals surface area (Å²) >= 11 is 8.15. The summed E-state index contributed by atoms with van der Waals surface area (Å²) < 4.78 is 53.2. The Morgan fingerprint density at radius 3 is 2.00 bits per heavy atom. The maximum absolute atomic E-state index is 13.7. The van der Waals surface area contributed by atoms with Crippen molar-refractivity contribution in [2.75, 3.05) is 5.33 Å². The van der Waals surface area contributed by atoms with Gasteiger partial charge in [-0.2, -0.15) is 8.78 Å². The highest BCUT2D eigenvalue weighted by Crippen LogP contribution is 2.40. The topological polar surface area (TPSA) is 0 Å². The van der Waals surface area contributed by atoms with E-state index in [-0.39, 0.29) is 5.92 Å². The van der Waals surface area contributed by atoms with Crippen LogP contribution in [-0.2, 0) is 5.38 Å². The van der Waals surface area contributed by atoms with Gasteiger partial charge in [0, 0.05) is 5.33 Å². The molecule has 0 unspecified atom stereocenters. The van der Waals surface area contributed by atoms with Crippen LogP contribution in [0.25, 0.3) is 0 Å². The van der Waals surface area contributed by atoms with E-state index in [0.29, 0.717) is 11.5 Å². The molecule has 1 aromatic rings. The van der Waals surface area contributed by atoms with Crippen LogP contribution >= 0.6 is 27.5 Å². The summed E-state index contributed by atoms with van der Waals surface area (Å²) in [5.41, 5.74) is -0.922. The second-order valence-corrected chi connectivity index (χ2v) is 6.35. The zero-order chi connectivity index (χ0) is 14.9. The van der Waals surface area contributed by atoms with Gasteiger partial charge in [0.25, 0.3) is 0 Å².